The van der Waals surface area contributed by atoms with Crippen LogP contribution in [-0.2, 0) is 0 Å². The average molecular weight is 233 g/mol. The fraction of sp³-hybridized carbons (Fsp3) is 0.643. The monoisotopic (exact) mass is 233 g/mol. The van der Waals surface area contributed by atoms with Gasteiger partial charge in [0.15, 0.2) is 0 Å². The van der Waals surface area contributed by atoms with Crippen molar-refractivity contribution in [2.45, 2.75) is 38.6 Å². The van der Waals surface area contributed by atoms with Crippen LogP contribution in [0.3, 0.4) is 0 Å². The van der Waals surface area contributed by atoms with E-state index in [1.807, 2.05) is 6.20 Å². The molecule has 1 fully saturated rings. The number of pyridine rings is 1. The molecular formula is C14H23N3. The van der Waals surface area contributed by atoms with Crippen molar-refractivity contribution in [3.8, 4) is 0 Å². The fourth-order valence-electron chi connectivity index (χ4n) is 2.22. The molecule has 0 aromatic carbocycles. The van der Waals surface area contributed by atoms with Crippen LogP contribution in [0, 0.1) is 5.92 Å². The Hall–Kier alpha value is -1.09. The van der Waals surface area contributed by atoms with Gasteiger partial charge in [-0.3, -0.25) is 4.98 Å². The first-order chi connectivity index (χ1) is 8.20. The molecule has 3 heteroatoms. The van der Waals surface area contributed by atoms with Crippen LogP contribution in [0.1, 0.15) is 44.3 Å². The molecule has 2 rings (SSSR count). The molecule has 0 amide bonds. The highest BCUT2D eigenvalue weighted by Gasteiger charge is 2.19. The van der Waals surface area contributed by atoms with Crippen molar-refractivity contribution in [1.82, 2.24) is 4.98 Å². The van der Waals surface area contributed by atoms with Crippen LogP contribution in [0.15, 0.2) is 18.3 Å². The van der Waals surface area contributed by atoms with Gasteiger partial charge in [0.05, 0.1) is 17.6 Å². The number of rotatable bonds is 5. The molecule has 0 saturated heterocycles. The highest BCUT2D eigenvalue weighted by atomic mass is 15.1. The Morgan fingerprint density at radius 1 is 1.47 bits per heavy atom. The lowest BCUT2D eigenvalue weighted by Crippen LogP contribution is -2.29. The van der Waals surface area contributed by atoms with Crippen LogP contribution in [0.5, 0.6) is 0 Å². The minimum Gasteiger partial charge on any atom is -0.373 e. The number of hydrogen-bond donors (Lipinski definition) is 1. The van der Waals surface area contributed by atoms with Crippen LogP contribution >= 0.6 is 0 Å². The average Bonchev–Trinajstić information content (AvgIpc) is 2.32. The van der Waals surface area contributed by atoms with Crippen molar-refractivity contribution in [1.29, 1.82) is 0 Å². The molecule has 94 valence electrons. The summed E-state index contributed by atoms with van der Waals surface area (Å²) in [6.07, 6.45) is 7.06. The summed E-state index contributed by atoms with van der Waals surface area (Å²) in [5.74, 6) is 0.887. The van der Waals surface area contributed by atoms with E-state index in [1.54, 1.807) is 0 Å². The molecule has 0 aliphatic heterocycles. The van der Waals surface area contributed by atoms with Gasteiger partial charge >= 0.3 is 0 Å². The summed E-state index contributed by atoms with van der Waals surface area (Å²) in [5, 5.41) is 0. The van der Waals surface area contributed by atoms with Crippen molar-refractivity contribution in [3.05, 3.63) is 24.0 Å². The Balaban J connectivity index is 1.96. The second-order valence-electron chi connectivity index (χ2n) is 5.13. The molecule has 0 radical (unpaired) electrons. The Morgan fingerprint density at radius 2 is 2.24 bits per heavy atom. The third-order valence-electron chi connectivity index (χ3n) is 3.79. The SMILES string of the molecule is CC[C@H](N)c1ccc(N(C)CC2CCC2)cn1. The zero-order valence-corrected chi connectivity index (χ0v) is 10.9. The molecule has 1 aromatic heterocycles. The third-order valence-corrected chi connectivity index (χ3v) is 3.79. The number of aromatic nitrogens is 1. The first-order valence-electron chi connectivity index (χ1n) is 6.63. The maximum absolute atomic E-state index is 5.96. The number of anilines is 1. The van der Waals surface area contributed by atoms with Gasteiger partial charge in [-0.2, -0.15) is 0 Å². The zero-order chi connectivity index (χ0) is 12.3. The Labute approximate surface area is 104 Å². The Morgan fingerprint density at radius 3 is 2.71 bits per heavy atom. The molecular weight excluding hydrogens is 210 g/mol. The first-order valence-corrected chi connectivity index (χ1v) is 6.63. The summed E-state index contributed by atoms with van der Waals surface area (Å²) in [6.45, 7) is 3.24. The Bertz CT molecular complexity index is 343. The topological polar surface area (TPSA) is 42.1 Å². The fourth-order valence-corrected chi connectivity index (χ4v) is 2.22. The predicted molar refractivity (Wildman–Crippen MR) is 72.1 cm³/mol. The highest BCUT2D eigenvalue weighted by Crippen LogP contribution is 2.28. The molecule has 1 atom stereocenters. The minimum atomic E-state index is 0.0704. The normalized spacial score (nSPS) is 17.6. The van der Waals surface area contributed by atoms with Crippen molar-refractivity contribution < 1.29 is 0 Å². The molecule has 1 saturated carbocycles. The lowest BCUT2D eigenvalue weighted by Gasteiger charge is -2.31. The van der Waals surface area contributed by atoms with E-state index in [1.165, 1.54) is 24.9 Å². The number of hydrogen-bond acceptors (Lipinski definition) is 3. The lowest BCUT2D eigenvalue weighted by molar-refractivity contribution is 0.321. The van der Waals surface area contributed by atoms with E-state index in [9.17, 15) is 0 Å². The van der Waals surface area contributed by atoms with Crippen molar-refractivity contribution in [2.24, 2.45) is 11.7 Å². The summed E-state index contributed by atoms with van der Waals surface area (Å²) in [4.78, 5) is 6.76. The van der Waals surface area contributed by atoms with Crippen LogP contribution in [0.2, 0.25) is 0 Å². The molecule has 0 bridgehead atoms. The van der Waals surface area contributed by atoms with E-state index in [2.05, 4.69) is 36.0 Å². The summed E-state index contributed by atoms with van der Waals surface area (Å²) in [6, 6.07) is 4.26. The van der Waals surface area contributed by atoms with Crippen molar-refractivity contribution in [2.75, 3.05) is 18.5 Å². The van der Waals surface area contributed by atoms with Gasteiger partial charge in [-0.05, 0) is 37.3 Å². The third kappa shape index (κ3) is 2.97. The van der Waals surface area contributed by atoms with Gasteiger partial charge in [-0.15, -0.1) is 0 Å². The molecule has 3 nitrogen and oxygen atoms in total. The molecule has 2 N–H and O–H groups in total. The second-order valence-corrected chi connectivity index (χ2v) is 5.13. The van der Waals surface area contributed by atoms with Crippen LogP contribution in [-0.4, -0.2) is 18.6 Å². The van der Waals surface area contributed by atoms with E-state index in [4.69, 9.17) is 5.73 Å². The van der Waals surface area contributed by atoms with E-state index in [-0.39, 0.29) is 6.04 Å². The Kier molecular flexibility index (Phi) is 4.00. The summed E-state index contributed by atoms with van der Waals surface area (Å²) >= 11 is 0. The van der Waals surface area contributed by atoms with Gasteiger partial charge in [-0.1, -0.05) is 13.3 Å². The van der Waals surface area contributed by atoms with Gasteiger partial charge in [0.2, 0.25) is 0 Å². The van der Waals surface area contributed by atoms with Crippen LogP contribution in [0.25, 0.3) is 0 Å². The van der Waals surface area contributed by atoms with Gasteiger partial charge in [0, 0.05) is 19.6 Å². The van der Waals surface area contributed by atoms with Gasteiger partial charge in [0.1, 0.15) is 0 Å². The van der Waals surface area contributed by atoms with E-state index >= 15 is 0 Å². The number of nitrogens with zero attached hydrogens (tertiary/aromatic N) is 2. The van der Waals surface area contributed by atoms with E-state index in [0.717, 1.165) is 24.6 Å². The van der Waals surface area contributed by atoms with Crippen LogP contribution in [0.4, 0.5) is 5.69 Å². The molecule has 0 spiro atoms. The molecule has 17 heavy (non-hydrogen) atoms. The summed E-state index contributed by atoms with van der Waals surface area (Å²) in [5.41, 5.74) is 8.15. The van der Waals surface area contributed by atoms with Gasteiger partial charge in [-0.25, -0.2) is 0 Å². The quantitative estimate of drug-likeness (QED) is 0.850. The number of nitrogens with two attached hydrogens (primary N) is 1. The maximum Gasteiger partial charge on any atom is 0.0572 e. The van der Waals surface area contributed by atoms with Crippen molar-refractivity contribution >= 4 is 5.69 Å². The van der Waals surface area contributed by atoms with E-state index < -0.39 is 0 Å². The lowest BCUT2D eigenvalue weighted by atomic mass is 9.85. The summed E-state index contributed by atoms with van der Waals surface area (Å²) in [7, 11) is 2.15. The minimum absolute atomic E-state index is 0.0704. The smallest absolute Gasteiger partial charge is 0.0572 e. The molecule has 1 aliphatic rings. The predicted octanol–water partition coefficient (Wildman–Crippen LogP) is 2.73. The standard InChI is InChI=1S/C14H23N3/c1-3-13(15)14-8-7-12(9-16-14)17(2)10-11-5-4-6-11/h7-9,11,13H,3-6,10,15H2,1-2H3/t13-/m0/s1. The second kappa shape index (κ2) is 5.50. The first kappa shape index (κ1) is 12.4. The molecule has 1 aromatic rings. The van der Waals surface area contributed by atoms with Crippen LogP contribution < -0.4 is 10.6 Å². The summed E-state index contributed by atoms with van der Waals surface area (Å²) < 4.78 is 0. The maximum atomic E-state index is 5.96. The van der Waals surface area contributed by atoms with Gasteiger partial charge in [0.25, 0.3) is 0 Å². The van der Waals surface area contributed by atoms with Crippen molar-refractivity contribution in [3.63, 3.8) is 0 Å². The zero-order valence-electron chi connectivity index (χ0n) is 10.9. The largest absolute Gasteiger partial charge is 0.373 e. The van der Waals surface area contributed by atoms with Gasteiger partial charge < -0.3 is 10.6 Å². The molecule has 0 unspecified atom stereocenters. The van der Waals surface area contributed by atoms with E-state index in [0.29, 0.717) is 0 Å². The molecule has 1 heterocycles. The molecule has 1 aliphatic carbocycles. The highest BCUT2D eigenvalue weighted by molar-refractivity contribution is 5.44.